The minimum absolute atomic E-state index is 0.0498. The smallest absolute Gasteiger partial charge is 0.326 e. The van der Waals surface area contributed by atoms with E-state index in [1.165, 1.54) is 0 Å². The van der Waals surface area contributed by atoms with E-state index in [4.69, 9.17) is 17.2 Å². The molecule has 0 spiro atoms. The molecule has 0 bridgehead atoms. The molecule has 2 aromatic rings. The van der Waals surface area contributed by atoms with E-state index in [9.17, 15) is 29.1 Å². The van der Waals surface area contributed by atoms with Crippen LogP contribution in [0.2, 0.25) is 0 Å². The average molecular weight is 546 g/mol. The van der Waals surface area contributed by atoms with Crippen LogP contribution in [0.1, 0.15) is 45.1 Å². The summed E-state index contributed by atoms with van der Waals surface area (Å²) >= 11 is 0. The zero-order chi connectivity index (χ0) is 29.1. The van der Waals surface area contributed by atoms with Gasteiger partial charge in [0.25, 0.3) is 0 Å². The van der Waals surface area contributed by atoms with Crippen molar-refractivity contribution in [3.63, 3.8) is 0 Å². The van der Waals surface area contributed by atoms with Crippen LogP contribution >= 0.6 is 0 Å². The van der Waals surface area contributed by atoms with Crippen LogP contribution in [0.4, 0.5) is 0 Å². The summed E-state index contributed by atoms with van der Waals surface area (Å²) in [6.45, 7) is 3.89. The number of fused-ring (bicyclic) bond motifs is 1. The summed E-state index contributed by atoms with van der Waals surface area (Å²) in [5.74, 6) is -4.57. The molecule has 0 radical (unpaired) electrons. The second-order valence-electron chi connectivity index (χ2n) is 9.81. The molecule has 13 heteroatoms. The van der Waals surface area contributed by atoms with Gasteiger partial charge in [-0.15, -0.1) is 0 Å². The normalized spacial score (nSPS) is 14.3. The Balaban J connectivity index is 2.28. The quantitative estimate of drug-likeness (QED) is 0.124. The number of H-pyrrole nitrogens is 1. The summed E-state index contributed by atoms with van der Waals surface area (Å²) in [5, 5.41) is 17.8. The molecule has 0 saturated carbocycles. The third-order valence-electron chi connectivity index (χ3n) is 6.35. The van der Waals surface area contributed by atoms with Crippen LogP contribution in [0.3, 0.4) is 0 Å². The van der Waals surface area contributed by atoms with Crippen LogP contribution in [0.25, 0.3) is 10.9 Å². The number of amides is 4. The maximum absolute atomic E-state index is 13.4. The van der Waals surface area contributed by atoms with Gasteiger partial charge in [0.05, 0.1) is 12.5 Å². The molecule has 1 aromatic heterocycles. The molecule has 2 rings (SSSR count). The molecule has 0 aliphatic heterocycles. The molecule has 1 aromatic carbocycles. The molecular weight excluding hydrogens is 506 g/mol. The van der Waals surface area contributed by atoms with Crippen molar-refractivity contribution in [2.75, 3.05) is 6.54 Å². The number of hydrogen-bond acceptors (Lipinski definition) is 7. The van der Waals surface area contributed by atoms with Crippen molar-refractivity contribution in [2.24, 2.45) is 23.1 Å². The van der Waals surface area contributed by atoms with Crippen LogP contribution < -0.4 is 33.2 Å². The molecule has 4 unspecified atom stereocenters. The highest BCUT2D eigenvalue weighted by Gasteiger charge is 2.32. The molecular formula is C26H39N7O6. The number of aliphatic carboxylic acids is 1. The number of aromatic amines is 1. The van der Waals surface area contributed by atoms with E-state index in [1.54, 1.807) is 20.0 Å². The van der Waals surface area contributed by atoms with Crippen LogP contribution in [0.15, 0.2) is 30.5 Å². The second-order valence-corrected chi connectivity index (χ2v) is 9.81. The molecule has 13 nitrogen and oxygen atoms in total. The van der Waals surface area contributed by atoms with Gasteiger partial charge in [0.15, 0.2) is 0 Å². The van der Waals surface area contributed by atoms with Crippen molar-refractivity contribution >= 4 is 40.5 Å². The fraction of sp³-hybridized carbons (Fsp3) is 0.500. The van der Waals surface area contributed by atoms with E-state index >= 15 is 0 Å². The Labute approximate surface area is 226 Å². The number of nitrogens with two attached hydrogens (primary N) is 3. The number of hydrogen-bond donors (Lipinski definition) is 8. The van der Waals surface area contributed by atoms with Gasteiger partial charge in [-0.25, -0.2) is 4.79 Å². The third-order valence-corrected chi connectivity index (χ3v) is 6.35. The predicted molar refractivity (Wildman–Crippen MR) is 145 cm³/mol. The molecule has 39 heavy (non-hydrogen) atoms. The summed E-state index contributed by atoms with van der Waals surface area (Å²) in [6, 6.07) is 2.64. The minimum Gasteiger partial charge on any atom is -0.480 e. The maximum Gasteiger partial charge on any atom is 0.326 e. The second kappa shape index (κ2) is 14.8. The molecule has 4 atom stereocenters. The van der Waals surface area contributed by atoms with Gasteiger partial charge in [-0.2, -0.15) is 0 Å². The Hall–Kier alpha value is -3.97. The van der Waals surface area contributed by atoms with Gasteiger partial charge in [-0.05, 0) is 43.4 Å². The Morgan fingerprint density at radius 1 is 0.923 bits per heavy atom. The zero-order valence-electron chi connectivity index (χ0n) is 22.2. The summed E-state index contributed by atoms with van der Waals surface area (Å²) in [5.41, 5.74) is 18.3. The fourth-order valence-corrected chi connectivity index (χ4v) is 4.01. The highest BCUT2D eigenvalue weighted by Crippen LogP contribution is 2.19. The predicted octanol–water partition coefficient (Wildman–Crippen LogP) is -0.763. The van der Waals surface area contributed by atoms with E-state index in [0.717, 1.165) is 16.5 Å². The number of rotatable bonds is 16. The molecule has 0 aliphatic rings. The van der Waals surface area contributed by atoms with Crippen molar-refractivity contribution in [2.45, 2.75) is 70.1 Å². The number of nitrogens with one attached hydrogen (secondary N) is 4. The van der Waals surface area contributed by atoms with Gasteiger partial charge < -0.3 is 43.2 Å². The van der Waals surface area contributed by atoms with E-state index in [2.05, 4.69) is 20.9 Å². The third kappa shape index (κ3) is 9.37. The van der Waals surface area contributed by atoms with Crippen LogP contribution in [-0.2, 0) is 30.4 Å². The van der Waals surface area contributed by atoms with Gasteiger partial charge in [-0.3, -0.25) is 19.2 Å². The Kier molecular flexibility index (Phi) is 11.9. The molecule has 4 amide bonds. The van der Waals surface area contributed by atoms with Gasteiger partial charge in [-0.1, -0.05) is 32.0 Å². The summed E-state index contributed by atoms with van der Waals surface area (Å²) in [6.07, 6.45) is 2.32. The number of benzene rings is 1. The Bertz CT molecular complexity index is 1160. The monoisotopic (exact) mass is 545 g/mol. The summed E-state index contributed by atoms with van der Waals surface area (Å²) in [7, 11) is 0. The van der Waals surface area contributed by atoms with E-state index in [-0.39, 0.29) is 18.8 Å². The lowest BCUT2D eigenvalue weighted by atomic mass is 10.0. The lowest BCUT2D eigenvalue weighted by Crippen LogP contribution is -2.58. The van der Waals surface area contributed by atoms with Crippen molar-refractivity contribution in [1.29, 1.82) is 0 Å². The number of aromatic nitrogens is 1. The van der Waals surface area contributed by atoms with Gasteiger partial charge in [0.1, 0.15) is 18.1 Å². The topological polar surface area (TPSA) is 236 Å². The standard InChI is InChI=1S/C26H39N7O6/c1-14(2)22(29)25(37)33-19(11-15-13-30-17-8-4-3-7-16(15)17)23(35)32-20(12-21(28)34)24(36)31-18(26(38)39)9-5-6-10-27/h3-4,7-8,13-14,18-20,22,30H,5-6,9-12,27,29H2,1-2H3,(H2,28,34)(H,31,36)(H,32,35)(H,33,37)(H,38,39). The Morgan fingerprint density at radius 2 is 1.54 bits per heavy atom. The number of unbranched alkanes of at least 4 members (excludes halogenated alkanes) is 1. The lowest BCUT2D eigenvalue weighted by Gasteiger charge is -2.25. The van der Waals surface area contributed by atoms with Crippen LogP contribution in [-0.4, -0.2) is 70.4 Å². The fourth-order valence-electron chi connectivity index (χ4n) is 4.01. The van der Waals surface area contributed by atoms with E-state index in [1.807, 2.05) is 24.3 Å². The van der Waals surface area contributed by atoms with Gasteiger partial charge >= 0.3 is 5.97 Å². The number of carboxylic acid groups (broad SMARTS) is 1. The first kappa shape index (κ1) is 31.2. The number of primary amides is 1. The molecule has 0 aliphatic carbocycles. The SMILES string of the molecule is CC(C)C(N)C(=O)NC(Cc1c[nH]c2ccccc12)C(=O)NC(CC(N)=O)C(=O)NC(CCCCN)C(=O)O. The van der Waals surface area contributed by atoms with Crippen molar-refractivity contribution in [3.05, 3.63) is 36.0 Å². The molecule has 214 valence electrons. The number of carbonyl (C=O) groups is 5. The highest BCUT2D eigenvalue weighted by molar-refractivity contribution is 5.96. The van der Waals surface area contributed by atoms with Crippen LogP contribution in [0.5, 0.6) is 0 Å². The highest BCUT2D eigenvalue weighted by atomic mass is 16.4. The molecule has 0 fully saturated rings. The summed E-state index contributed by atoms with van der Waals surface area (Å²) < 4.78 is 0. The van der Waals surface area contributed by atoms with Crippen LogP contribution in [0, 0.1) is 5.92 Å². The van der Waals surface area contributed by atoms with Crippen molar-refractivity contribution in [1.82, 2.24) is 20.9 Å². The zero-order valence-corrected chi connectivity index (χ0v) is 22.2. The first-order chi connectivity index (χ1) is 18.4. The molecule has 11 N–H and O–H groups in total. The Morgan fingerprint density at radius 3 is 2.15 bits per heavy atom. The van der Waals surface area contributed by atoms with Gasteiger partial charge in [0, 0.05) is 23.5 Å². The number of carbonyl (C=O) groups excluding carboxylic acids is 4. The molecule has 1 heterocycles. The average Bonchev–Trinajstić information content (AvgIpc) is 3.29. The number of para-hydroxylation sites is 1. The largest absolute Gasteiger partial charge is 0.480 e. The first-order valence-electron chi connectivity index (χ1n) is 12.9. The van der Waals surface area contributed by atoms with E-state index < -0.39 is 60.2 Å². The first-order valence-corrected chi connectivity index (χ1v) is 12.9. The summed E-state index contributed by atoms with van der Waals surface area (Å²) in [4.78, 5) is 65.6. The lowest BCUT2D eigenvalue weighted by molar-refractivity contribution is -0.142. The minimum atomic E-state index is -1.47. The maximum atomic E-state index is 13.4. The van der Waals surface area contributed by atoms with E-state index in [0.29, 0.717) is 19.4 Å². The van der Waals surface area contributed by atoms with Crippen molar-refractivity contribution in [3.8, 4) is 0 Å². The van der Waals surface area contributed by atoms with Crippen molar-refractivity contribution < 1.29 is 29.1 Å². The molecule has 0 saturated heterocycles. The van der Waals surface area contributed by atoms with Gasteiger partial charge in [0.2, 0.25) is 23.6 Å². The number of carboxylic acids is 1.